The predicted molar refractivity (Wildman–Crippen MR) is 82.6 cm³/mol. The van der Waals surface area contributed by atoms with Crippen molar-refractivity contribution in [2.45, 2.75) is 45.2 Å². The van der Waals surface area contributed by atoms with E-state index in [-0.39, 0.29) is 17.7 Å². The monoisotopic (exact) mass is 288 g/mol. The summed E-state index contributed by atoms with van der Waals surface area (Å²) >= 11 is 0. The van der Waals surface area contributed by atoms with Crippen LogP contribution in [0.5, 0.6) is 5.75 Å². The molecule has 2 aliphatic heterocycles. The molecule has 4 nitrogen and oxygen atoms in total. The molecular formula is C17H24N2O2. The van der Waals surface area contributed by atoms with Gasteiger partial charge in [0.05, 0.1) is 5.56 Å². The number of fused-ring (bicyclic) bond motifs is 1. The summed E-state index contributed by atoms with van der Waals surface area (Å²) in [6, 6.07) is 5.92. The normalized spacial score (nSPS) is 26.5. The Labute approximate surface area is 126 Å². The Morgan fingerprint density at radius 2 is 2.10 bits per heavy atom. The van der Waals surface area contributed by atoms with E-state index in [1.54, 1.807) is 12.1 Å². The van der Waals surface area contributed by atoms with Crippen LogP contribution >= 0.6 is 0 Å². The Morgan fingerprint density at radius 1 is 1.29 bits per heavy atom. The summed E-state index contributed by atoms with van der Waals surface area (Å²) < 4.78 is 0. The van der Waals surface area contributed by atoms with E-state index in [4.69, 9.17) is 0 Å². The van der Waals surface area contributed by atoms with Crippen LogP contribution in [-0.2, 0) is 0 Å². The number of aromatic hydroxyl groups is 1. The molecule has 0 bridgehead atoms. The molecule has 2 aliphatic rings. The number of benzene rings is 1. The van der Waals surface area contributed by atoms with Gasteiger partial charge < -0.3 is 10.0 Å². The number of rotatable bonds is 1. The fourth-order valence-corrected chi connectivity index (χ4v) is 3.61. The molecule has 2 heterocycles. The first-order valence-electron chi connectivity index (χ1n) is 7.91. The van der Waals surface area contributed by atoms with Gasteiger partial charge in [0.2, 0.25) is 0 Å². The Bertz CT molecular complexity index is 544. The van der Waals surface area contributed by atoms with Crippen molar-refractivity contribution in [2.75, 3.05) is 19.6 Å². The minimum Gasteiger partial charge on any atom is -0.507 e. The van der Waals surface area contributed by atoms with Gasteiger partial charge in [-0.3, -0.25) is 9.69 Å². The van der Waals surface area contributed by atoms with Crippen LogP contribution in [-0.4, -0.2) is 52.5 Å². The molecule has 0 aromatic heterocycles. The van der Waals surface area contributed by atoms with E-state index in [9.17, 15) is 9.90 Å². The van der Waals surface area contributed by atoms with Gasteiger partial charge in [0.1, 0.15) is 5.75 Å². The lowest BCUT2D eigenvalue weighted by molar-refractivity contribution is 0.0150. The first-order chi connectivity index (χ1) is 10.1. The van der Waals surface area contributed by atoms with Crippen LogP contribution in [0, 0.1) is 6.92 Å². The fraction of sp³-hybridized carbons (Fsp3) is 0.588. The first kappa shape index (κ1) is 14.4. The largest absolute Gasteiger partial charge is 0.507 e. The average molecular weight is 288 g/mol. The molecule has 1 aromatic rings. The zero-order chi connectivity index (χ0) is 15.0. The number of amides is 1. The quantitative estimate of drug-likeness (QED) is 0.863. The summed E-state index contributed by atoms with van der Waals surface area (Å²) in [5, 5.41) is 10.00. The highest BCUT2D eigenvalue weighted by Gasteiger charge is 2.36. The van der Waals surface area contributed by atoms with Crippen molar-refractivity contribution >= 4 is 5.91 Å². The van der Waals surface area contributed by atoms with Crippen molar-refractivity contribution in [3.63, 3.8) is 0 Å². The standard InChI is InChI=1S/C17H24N2O2/c1-12-6-7-16(20)15(9-12)17(21)19-11-14-5-3-4-8-18(14)10-13(19)2/h6-7,9,13-14,20H,3-5,8,10-11H2,1-2H3. The summed E-state index contributed by atoms with van der Waals surface area (Å²) in [4.78, 5) is 17.3. The van der Waals surface area contributed by atoms with Crippen LogP contribution in [0.25, 0.3) is 0 Å². The predicted octanol–water partition coefficient (Wildman–Crippen LogP) is 2.40. The minimum absolute atomic E-state index is 0.0334. The van der Waals surface area contributed by atoms with Crippen LogP contribution in [0.3, 0.4) is 0 Å². The van der Waals surface area contributed by atoms with Gasteiger partial charge in [-0.05, 0) is 45.4 Å². The second-order valence-corrected chi connectivity index (χ2v) is 6.47. The molecule has 1 N–H and O–H groups in total. The van der Waals surface area contributed by atoms with Gasteiger partial charge in [-0.1, -0.05) is 18.1 Å². The van der Waals surface area contributed by atoms with Crippen LogP contribution in [0.4, 0.5) is 0 Å². The zero-order valence-corrected chi connectivity index (χ0v) is 12.9. The Balaban J connectivity index is 1.82. The zero-order valence-electron chi connectivity index (χ0n) is 12.9. The van der Waals surface area contributed by atoms with Gasteiger partial charge in [-0.2, -0.15) is 0 Å². The average Bonchev–Trinajstić information content (AvgIpc) is 2.48. The molecule has 114 valence electrons. The van der Waals surface area contributed by atoms with Crippen molar-refractivity contribution < 1.29 is 9.90 Å². The second-order valence-electron chi connectivity index (χ2n) is 6.47. The van der Waals surface area contributed by atoms with Crippen molar-refractivity contribution in [1.82, 2.24) is 9.80 Å². The maximum absolute atomic E-state index is 12.8. The highest BCUT2D eigenvalue weighted by atomic mass is 16.3. The Morgan fingerprint density at radius 3 is 2.90 bits per heavy atom. The summed E-state index contributed by atoms with van der Waals surface area (Å²) in [6.07, 6.45) is 3.71. The number of phenols is 1. The topological polar surface area (TPSA) is 43.8 Å². The Hall–Kier alpha value is -1.55. The smallest absolute Gasteiger partial charge is 0.257 e. The maximum atomic E-state index is 12.8. The number of carbonyl (C=O) groups is 1. The molecular weight excluding hydrogens is 264 g/mol. The van der Waals surface area contributed by atoms with Crippen molar-refractivity contribution in [2.24, 2.45) is 0 Å². The van der Waals surface area contributed by atoms with E-state index in [0.717, 1.165) is 25.2 Å². The van der Waals surface area contributed by atoms with Gasteiger partial charge in [0.15, 0.2) is 0 Å². The maximum Gasteiger partial charge on any atom is 0.257 e. The van der Waals surface area contributed by atoms with Gasteiger partial charge in [-0.25, -0.2) is 0 Å². The summed E-state index contributed by atoms with van der Waals surface area (Å²) in [5.41, 5.74) is 1.44. The van der Waals surface area contributed by atoms with Crippen LogP contribution < -0.4 is 0 Å². The molecule has 2 saturated heterocycles. The lowest BCUT2D eigenvalue weighted by Gasteiger charge is -2.47. The number of nitrogens with zero attached hydrogens (tertiary/aromatic N) is 2. The van der Waals surface area contributed by atoms with Crippen molar-refractivity contribution in [3.8, 4) is 5.75 Å². The van der Waals surface area contributed by atoms with E-state index in [0.29, 0.717) is 11.6 Å². The molecule has 1 amide bonds. The summed E-state index contributed by atoms with van der Waals surface area (Å²) in [7, 11) is 0. The van der Waals surface area contributed by atoms with Gasteiger partial charge in [0, 0.05) is 25.2 Å². The summed E-state index contributed by atoms with van der Waals surface area (Å²) in [6.45, 7) is 6.94. The van der Waals surface area contributed by atoms with Gasteiger partial charge in [-0.15, -0.1) is 0 Å². The summed E-state index contributed by atoms with van der Waals surface area (Å²) in [5.74, 6) is 0.0535. The van der Waals surface area contributed by atoms with Gasteiger partial charge >= 0.3 is 0 Å². The molecule has 3 rings (SSSR count). The SMILES string of the molecule is Cc1ccc(O)c(C(=O)N2CC3CCCCN3CC2C)c1. The number of hydrogen-bond acceptors (Lipinski definition) is 3. The van der Waals surface area contributed by atoms with Crippen molar-refractivity contribution in [1.29, 1.82) is 0 Å². The molecule has 0 aliphatic carbocycles. The highest BCUT2D eigenvalue weighted by molar-refractivity contribution is 5.97. The molecule has 0 radical (unpaired) electrons. The Kier molecular flexibility index (Phi) is 3.89. The molecule has 2 atom stereocenters. The highest BCUT2D eigenvalue weighted by Crippen LogP contribution is 2.27. The third-order valence-electron chi connectivity index (χ3n) is 4.83. The molecule has 1 aromatic carbocycles. The third-order valence-corrected chi connectivity index (χ3v) is 4.83. The van der Waals surface area contributed by atoms with Crippen molar-refractivity contribution in [3.05, 3.63) is 29.3 Å². The first-order valence-corrected chi connectivity index (χ1v) is 7.91. The second kappa shape index (κ2) is 5.68. The fourth-order valence-electron chi connectivity index (χ4n) is 3.61. The van der Waals surface area contributed by atoms with Crippen LogP contribution in [0.2, 0.25) is 0 Å². The number of aryl methyl sites for hydroxylation is 1. The molecule has 0 spiro atoms. The number of piperazine rings is 1. The van der Waals surface area contributed by atoms with E-state index < -0.39 is 0 Å². The van der Waals surface area contributed by atoms with E-state index in [1.807, 2.05) is 17.9 Å². The van der Waals surface area contributed by atoms with Gasteiger partial charge in [0.25, 0.3) is 5.91 Å². The molecule has 2 fully saturated rings. The molecule has 4 heteroatoms. The lowest BCUT2D eigenvalue weighted by atomic mass is 9.96. The molecule has 0 saturated carbocycles. The number of phenolic OH excluding ortho intramolecular Hbond substituents is 1. The van der Waals surface area contributed by atoms with Crippen LogP contribution in [0.1, 0.15) is 42.1 Å². The van der Waals surface area contributed by atoms with Crippen LogP contribution in [0.15, 0.2) is 18.2 Å². The molecule has 21 heavy (non-hydrogen) atoms. The number of piperidine rings is 1. The number of carbonyl (C=O) groups excluding carboxylic acids is 1. The number of hydrogen-bond donors (Lipinski definition) is 1. The lowest BCUT2D eigenvalue weighted by Crippen LogP contribution is -2.60. The third kappa shape index (κ3) is 2.77. The van der Waals surface area contributed by atoms with E-state index in [2.05, 4.69) is 11.8 Å². The minimum atomic E-state index is -0.0334. The molecule has 2 unspecified atom stereocenters. The van der Waals surface area contributed by atoms with E-state index in [1.165, 1.54) is 19.3 Å². The van der Waals surface area contributed by atoms with E-state index >= 15 is 0 Å².